The van der Waals surface area contributed by atoms with E-state index in [4.69, 9.17) is 37.4 Å². The van der Waals surface area contributed by atoms with Crippen LogP contribution < -0.4 is 19.5 Å². The summed E-state index contributed by atoms with van der Waals surface area (Å²) in [5.74, 6) is 1.32. The molecule has 0 spiro atoms. The molecule has 0 aromatic heterocycles. The van der Waals surface area contributed by atoms with Gasteiger partial charge in [-0.25, -0.2) is 4.39 Å². The van der Waals surface area contributed by atoms with Gasteiger partial charge in [-0.05, 0) is 41.5 Å². The molecule has 0 saturated heterocycles. The highest BCUT2D eigenvalue weighted by Crippen LogP contribution is 2.34. The number of nitrogens with one attached hydrogen (secondary N) is 1. The zero-order valence-electron chi connectivity index (χ0n) is 16.7. The van der Waals surface area contributed by atoms with E-state index in [9.17, 15) is 4.39 Å². The second-order valence-electron chi connectivity index (χ2n) is 6.53. The number of hydrogen-bond acceptors (Lipinski definition) is 4. The van der Waals surface area contributed by atoms with E-state index in [1.165, 1.54) is 6.07 Å². The molecule has 0 aliphatic rings. The largest absolute Gasteiger partial charge is 0.497 e. The van der Waals surface area contributed by atoms with E-state index in [1.807, 2.05) is 30.3 Å². The number of methoxy groups -OCH3 is 2. The van der Waals surface area contributed by atoms with Crippen molar-refractivity contribution in [3.05, 3.63) is 87.2 Å². The van der Waals surface area contributed by atoms with Crippen LogP contribution in [0.25, 0.3) is 0 Å². The van der Waals surface area contributed by atoms with E-state index in [-0.39, 0.29) is 12.2 Å². The zero-order valence-corrected chi connectivity index (χ0v) is 18.2. The molecule has 0 aliphatic carbocycles. The minimum absolute atomic E-state index is 0.0345. The third kappa shape index (κ3) is 5.57. The van der Waals surface area contributed by atoms with Crippen LogP contribution in [0, 0.1) is 5.82 Å². The molecule has 0 heterocycles. The van der Waals surface area contributed by atoms with E-state index in [0.717, 1.165) is 16.9 Å². The SMILES string of the molecule is COc1ccc(CNCc2cc(OC)c(OCc3c(F)cccc3Cl)cc2Cl)cc1. The summed E-state index contributed by atoms with van der Waals surface area (Å²) in [5.41, 5.74) is 2.27. The summed E-state index contributed by atoms with van der Waals surface area (Å²) in [6.07, 6.45) is 0. The molecule has 0 saturated carbocycles. The van der Waals surface area contributed by atoms with Gasteiger partial charge in [0.1, 0.15) is 18.2 Å². The van der Waals surface area contributed by atoms with Crippen LogP contribution in [0.1, 0.15) is 16.7 Å². The van der Waals surface area contributed by atoms with Crippen molar-refractivity contribution in [1.29, 1.82) is 0 Å². The Kier molecular flexibility index (Phi) is 7.80. The first kappa shape index (κ1) is 22.2. The van der Waals surface area contributed by atoms with Crippen LogP contribution in [0.4, 0.5) is 4.39 Å². The quantitative estimate of drug-likeness (QED) is 0.433. The summed E-state index contributed by atoms with van der Waals surface area (Å²) >= 11 is 12.5. The third-order valence-electron chi connectivity index (χ3n) is 4.57. The molecule has 0 aliphatic heterocycles. The minimum atomic E-state index is -0.424. The van der Waals surface area contributed by atoms with Gasteiger partial charge in [0.2, 0.25) is 0 Å². The van der Waals surface area contributed by atoms with Crippen molar-refractivity contribution in [3.63, 3.8) is 0 Å². The first-order chi connectivity index (χ1) is 14.5. The van der Waals surface area contributed by atoms with Crippen LogP contribution in [0.5, 0.6) is 17.2 Å². The van der Waals surface area contributed by atoms with E-state index >= 15 is 0 Å². The lowest BCUT2D eigenvalue weighted by molar-refractivity contribution is 0.279. The lowest BCUT2D eigenvalue weighted by atomic mass is 10.1. The van der Waals surface area contributed by atoms with Crippen LogP contribution in [0.15, 0.2) is 54.6 Å². The van der Waals surface area contributed by atoms with Gasteiger partial charge in [-0.2, -0.15) is 0 Å². The van der Waals surface area contributed by atoms with Gasteiger partial charge in [0.05, 0.1) is 19.2 Å². The van der Waals surface area contributed by atoms with E-state index in [0.29, 0.717) is 34.6 Å². The van der Waals surface area contributed by atoms with Crippen molar-refractivity contribution in [1.82, 2.24) is 5.32 Å². The Labute approximate surface area is 185 Å². The van der Waals surface area contributed by atoms with Gasteiger partial charge < -0.3 is 19.5 Å². The normalized spacial score (nSPS) is 10.7. The molecule has 158 valence electrons. The maximum absolute atomic E-state index is 14.0. The number of benzene rings is 3. The Hall–Kier alpha value is -2.47. The Morgan fingerprint density at radius 3 is 2.30 bits per heavy atom. The number of rotatable bonds is 9. The highest BCUT2D eigenvalue weighted by Gasteiger charge is 2.13. The summed E-state index contributed by atoms with van der Waals surface area (Å²) < 4.78 is 30.3. The van der Waals surface area contributed by atoms with Crippen LogP contribution in [-0.4, -0.2) is 14.2 Å². The van der Waals surface area contributed by atoms with Crippen LogP contribution in [-0.2, 0) is 19.7 Å². The molecular formula is C23H22Cl2FNO3. The van der Waals surface area contributed by atoms with Crippen molar-refractivity contribution in [2.75, 3.05) is 14.2 Å². The first-order valence-electron chi connectivity index (χ1n) is 9.27. The molecule has 0 unspecified atom stereocenters. The van der Waals surface area contributed by atoms with Gasteiger partial charge >= 0.3 is 0 Å². The predicted octanol–water partition coefficient (Wildman–Crippen LogP) is 6.02. The molecule has 3 rings (SSSR count). The first-order valence-corrected chi connectivity index (χ1v) is 10.0. The Balaban J connectivity index is 1.65. The predicted molar refractivity (Wildman–Crippen MR) is 117 cm³/mol. The molecule has 0 amide bonds. The molecule has 7 heteroatoms. The van der Waals surface area contributed by atoms with Gasteiger partial charge in [0, 0.05) is 29.7 Å². The van der Waals surface area contributed by atoms with E-state index in [2.05, 4.69) is 5.32 Å². The maximum atomic E-state index is 14.0. The van der Waals surface area contributed by atoms with Crippen molar-refractivity contribution < 1.29 is 18.6 Å². The van der Waals surface area contributed by atoms with Crippen LogP contribution in [0.2, 0.25) is 10.0 Å². The van der Waals surface area contributed by atoms with Crippen molar-refractivity contribution in [3.8, 4) is 17.2 Å². The second kappa shape index (κ2) is 10.5. The van der Waals surface area contributed by atoms with Gasteiger partial charge in [0.15, 0.2) is 11.5 Å². The standard InChI is InChI=1S/C23H22Cl2FNO3/c1-28-17-8-6-15(7-9-17)12-27-13-16-10-22(29-2)23(11-20(16)25)30-14-18-19(24)4-3-5-21(18)26/h3-11,27H,12-14H2,1-2H3. The van der Waals surface area contributed by atoms with Gasteiger partial charge in [-0.15, -0.1) is 0 Å². The highest BCUT2D eigenvalue weighted by molar-refractivity contribution is 6.31. The summed E-state index contributed by atoms with van der Waals surface area (Å²) in [6, 6.07) is 15.8. The van der Waals surface area contributed by atoms with Crippen molar-refractivity contribution in [2.45, 2.75) is 19.7 Å². The summed E-state index contributed by atoms with van der Waals surface area (Å²) in [6.45, 7) is 1.18. The van der Waals surface area contributed by atoms with Crippen LogP contribution in [0.3, 0.4) is 0 Å². The Morgan fingerprint density at radius 1 is 0.867 bits per heavy atom. The molecule has 3 aromatic carbocycles. The summed E-state index contributed by atoms with van der Waals surface area (Å²) in [5, 5.41) is 4.18. The summed E-state index contributed by atoms with van der Waals surface area (Å²) in [7, 11) is 3.18. The zero-order chi connectivity index (χ0) is 21.5. The number of ether oxygens (including phenoxy) is 3. The molecule has 4 nitrogen and oxygen atoms in total. The third-order valence-corrected chi connectivity index (χ3v) is 5.28. The Bertz CT molecular complexity index is 976. The molecular weight excluding hydrogens is 428 g/mol. The molecule has 0 atom stereocenters. The molecule has 30 heavy (non-hydrogen) atoms. The fraction of sp³-hybridized carbons (Fsp3) is 0.217. The van der Waals surface area contributed by atoms with Crippen molar-refractivity contribution >= 4 is 23.2 Å². The van der Waals surface area contributed by atoms with E-state index < -0.39 is 5.82 Å². The van der Waals surface area contributed by atoms with E-state index in [1.54, 1.807) is 32.4 Å². The number of hydrogen-bond donors (Lipinski definition) is 1. The fourth-order valence-corrected chi connectivity index (χ4v) is 3.33. The van der Waals surface area contributed by atoms with Gasteiger partial charge in [0.25, 0.3) is 0 Å². The average molecular weight is 450 g/mol. The van der Waals surface area contributed by atoms with Crippen LogP contribution >= 0.6 is 23.2 Å². The maximum Gasteiger partial charge on any atom is 0.163 e. The smallest absolute Gasteiger partial charge is 0.163 e. The average Bonchev–Trinajstić information content (AvgIpc) is 2.75. The molecule has 3 aromatic rings. The topological polar surface area (TPSA) is 39.7 Å². The fourth-order valence-electron chi connectivity index (χ4n) is 2.89. The lowest BCUT2D eigenvalue weighted by Crippen LogP contribution is -2.13. The van der Waals surface area contributed by atoms with Gasteiger partial charge in [-0.1, -0.05) is 41.4 Å². The molecule has 0 bridgehead atoms. The summed E-state index contributed by atoms with van der Waals surface area (Å²) in [4.78, 5) is 0. The van der Waals surface area contributed by atoms with Crippen molar-refractivity contribution in [2.24, 2.45) is 0 Å². The minimum Gasteiger partial charge on any atom is -0.497 e. The lowest BCUT2D eigenvalue weighted by Gasteiger charge is -2.15. The molecule has 0 fully saturated rings. The molecule has 0 radical (unpaired) electrons. The molecule has 1 N–H and O–H groups in total. The Morgan fingerprint density at radius 2 is 1.63 bits per heavy atom. The van der Waals surface area contributed by atoms with Gasteiger partial charge in [-0.3, -0.25) is 0 Å². The number of halogens is 3. The monoisotopic (exact) mass is 449 g/mol. The second-order valence-corrected chi connectivity index (χ2v) is 7.35. The highest BCUT2D eigenvalue weighted by atomic mass is 35.5.